The van der Waals surface area contributed by atoms with E-state index in [9.17, 15) is 9.59 Å². The Bertz CT molecular complexity index is 496. The highest BCUT2D eigenvalue weighted by Gasteiger charge is 2.27. The molecule has 1 aromatic heterocycles. The fourth-order valence-electron chi connectivity index (χ4n) is 2.72. The van der Waals surface area contributed by atoms with Crippen LogP contribution >= 0.6 is 11.3 Å². The number of nitrogens with zero attached hydrogens (tertiary/aromatic N) is 2. The minimum absolute atomic E-state index is 0.0262. The lowest BCUT2D eigenvalue weighted by Crippen LogP contribution is -2.46. The Labute approximate surface area is 135 Å². The molecule has 0 aliphatic carbocycles. The Hall–Kier alpha value is -1.60. The van der Waals surface area contributed by atoms with Gasteiger partial charge in [-0.25, -0.2) is 4.79 Å². The number of likely N-dealkylation sites (N-methyl/N-ethyl adjacent to an activating group) is 1. The zero-order chi connectivity index (χ0) is 16.1. The van der Waals surface area contributed by atoms with Crippen LogP contribution in [0.4, 0.5) is 4.79 Å². The predicted octanol–water partition coefficient (Wildman–Crippen LogP) is 1.26. The van der Waals surface area contributed by atoms with Crippen molar-refractivity contribution in [1.29, 1.82) is 0 Å². The summed E-state index contributed by atoms with van der Waals surface area (Å²) < 4.78 is 0. The summed E-state index contributed by atoms with van der Waals surface area (Å²) in [6, 6.07) is 3.91. The largest absolute Gasteiger partial charge is 0.354 e. The molecule has 1 aliphatic rings. The Balaban J connectivity index is 1.83. The van der Waals surface area contributed by atoms with Crippen LogP contribution in [0.5, 0.6) is 0 Å². The highest BCUT2D eigenvalue weighted by Crippen LogP contribution is 2.23. The van der Waals surface area contributed by atoms with Crippen LogP contribution in [0.1, 0.15) is 23.8 Å². The van der Waals surface area contributed by atoms with E-state index in [0.29, 0.717) is 32.5 Å². The zero-order valence-corrected chi connectivity index (χ0v) is 13.9. The van der Waals surface area contributed by atoms with E-state index in [2.05, 4.69) is 16.3 Å². The van der Waals surface area contributed by atoms with Gasteiger partial charge in [0.2, 0.25) is 5.91 Å². The van der Waals surface area contributed by atoms with Gasteiger partial charge in [0, 0.05) is 30.4 Å². The van der Waals surface area contributed by atoms with Gasteiger partial charge in [-0.05, 0) is 38.4 Å². The second-order valence-electron chi connectivity index (χ2n) is 5.84. The van der Waals surface area contributed by atoms with Crippen molar-refractivity contribution < 1.29 is 9.59 Å². The molecule has 1 atom stereocenters. The van der Waals surface area contributed by atoms with Crippen molar-refractivity contribution in [3.05, 3.63) is 22.4 Å². The van der Waals surface area contributed by atoms with Crippen LogP contribution in [0.25, 0.3) is 0 Å². The van der Waals surface area contributed by atoms with E-state index in [0.717, 1.165) is 0 Å². The standard InChI is InChI=1S/C15H24N4O2S/c1-18(2)12(13-4-3-9-22-13)10-17-14(20)11-5-7-19(8-6-11)15(16)21/h3-4,9,11-12H,5-8,10H2,1-2H3,(H2,16,21)(H,17,20)/t12-/m0/s1. The Morgan fingerprint density at radius 1 is 1.45 bits per heavy atom. The second kappa shape index (κ2) is 7.60. The van der Waals surface area contributed by atoms with Gasteiger partial charge in [-0.15, -0.1) is 11.3 Å². The van der Waals surface area contributed by atoms with E-state index < -0.39 is 6.03 Å². The average molecular weight is 324 g/mol. The van der Waals surface area contributed by atoms with E-state index in [1.807, 2.05) is 25.5 Å². The summed E-state index contributed by atoms with van der Waals surface area (Å²) in [5.74, 6) is 0.0503. The second-order valence-corrected chi connectivity index (χ2v) is 6.82. The minimum atomic E-state index is -0.399. The molecule has 122 valence electrons. The molecule has 0 unspecified atom stereocenters. The summed E-state index contributed by atoms with van der Waals surface area (Å²) in [5.41, 5.74) is 5.26. The number of carbonyl (C=O) groups is 2. The van der Waals surface area contributed by atoms with Crippen molar-refractivity contribution in [2.45, 2.75) is 18.9 Å². The van der Waals surface area contributed by atoms with Crippen LogP contribution in [0.3, 0.4) is 0 Å². The van der Waals surface area contributed by atoms with Gasteiger partial charge in [0.15, 0.2) is 0 Å². The van der Waals surface area contributed by atoms with Crippen molar-refractivity contribution >= 4 is 23.3 Å². The predicted molar refractivity (Wildman–Crippen MR) is 87.6 cm³/mol. The summed E-state index contributed by atoms with van der Waals surface area (Å²) in [6.07, 6.45) is 1.36. The highest BCUT2D eigenvalue weighted by atomic mass is 32.1. The number of thiophene rings is 1. The number of amides is 3. The molecule has 1 fully saturated rings. The summed E-state index contributed by atoms with van der Waals surface area (Å²) in [4.78, 5) is 28.4. The Morgan fingerprint density at radius 2 is 2.14 bits per heavy atom. The Kier molecular flexibility index (Phi) is 5.79. The van der Waals surface area contributed by atoms with Gasteiger partial charge < -0.3 is 20.9 Å². The topological polar surface area (TPSA) is 78.7 Å². The van der Waals surface area contributed by atoms with Crippen LogP contribution in [0.2, 0.25) is 0 Å². The summed E-state index contributed by atoms with van der Waals surface area (Å²) in [6.45, 7) is 1.73. The van der Waals surface area contributed by atoms with Crippen LogP contribution < -0.4 is 11.1 Å². The zero-order valence-electron chi connectivity index (χ0n) is 13.1. The van der Waals surface area contributed by atoms with Gasteiger partial charge in [-0.3, -0.25) is 4.79 Å². The Morgan fingerprint density at radius 3 is 2.64 bits per heavy atom. The maximum atomic E-state index is 12.3. The van der Waals surface area contributed by atoms with E-state index >= 15 is 0 Å². The van der Waals surface area contributed by atoms with Crippen molar-refractivity contribution in [2.24, 2.45) is 11.7 Å². The molecular weight excluding hydrogens is 300 g/mol. The third-order valence-corrected chi connectivity index (χ3v) is 5.12. The van der Waals surface area contributed by atoms with Gasteiger partial charge in [0.05, 0.1) is 6.04 Å². The summed E-state index contributed by atoms with van der Waals surface area (Å²) >= 11 is 1.70. The highest BCUT2D eigenvalue weighted by molar-refractivity contribution is 7.10. The van der Waals surface area contributed by atoms with Gasteiger partial charge in [0.1, 0.15) is 0 Å². The molecule has 6 nitrogen and oxygen atoms in total. The maximum Gasteiger partial charge on any atom is 0.314 e. The first-order chi connectivity index (χ1) is 10.5. The first-order valence-electron chi connectivity index (χ1n) is 7.51. The molecule has 22 heavy (non-hydrogen) atoms. The maximum absolute atomic E-state index is 12.3. The molecular formula is C15H24N4O2S. The molecule has 1 saturated heterocycles. The number of piperidine rings is 1. The van der Waals surface area contributed by atoms with Gasteiger partial charge in [-0.2, -0.15) is 0 Å². The van der Waals surface area contributed by atoms with Gasteiger partial charge in [-0.1, -0.05) is 6.07 Å². The number of hydrogen-bond donors (Lipinski definition) is 2. The number of urea groups is 1. The molecule has 1 aliphatic heterocycles. The van der Waals surface area contributed by atoms with Crippen LogP contribution in [-0.4, -0.2) is 55.5 Å². The number of likely N-dealkylation sites (tertiary alicyclic amines) is 1. The smallest absolute Gasteiger partial charge is 0.314 e. The van der Waals surface area contributed by atoms with E-state index in [1.54, 1.807) is 16.2 Å². The summed E-state index contributed by atoms with van der Waals surface area (Å²) in [7, 11) is 4.03. The third-order valence-electron chi connectivity index (χ3n) is 4.14. The first kappa shape index (κ1) is 16.8. The number of rotatable bonds is 5. The van der Waals surface area contributed by atoms with Crippen molar-refractivity contribution in [3.63, 3.8) is 0 Å². The normalized spacial score (nSPS) is 17.5. The van der Waals surface area contributed by atoms with E-state index in [-0.39, 0.29) is 17.9 Å². The fraction of sp³-hybridized carbons (Fsp3) is 0.600. The molecule has 1 aromatic rings. The quantitative estimate of drug-likeness (QED) is 0.856. The number of nitrogens with two attached hydrogens (primary N) is 1. The first-order valence-corrected chi connectivity index (χ1v) is 8.39. The number of hydrogen-bond acceptors (Lipinski definition) is 4. The van der Waals surface area contributed by atoms with Crippen LogP contribution in [-0.2, 0) is 4.79 Å². The number of carbonyl (C=O) groups excluding carboxylic acids is 2. The van der Waals surface area contributed by atoms with E-state index in [1.165, 1.54) is 4.88 Å². The van der Waals surface area contributed by atoms with Crippen molar-refractivity contribution in [1.82, 2.24) is 15.1 Å². The molecule has 2 heterocycles. The molecule has 0 spiro atoms. The number of primary amides is 1. The summed E-state index contributed by atoms with van der Waals surface area (Å²) in [5, 5.41) is 5.11. The van der Waals surface area contributed by atoms with Crippen molar-refractivity contribution in [3.8, 4) is 0 Å². The van der Waals surface area contributed by atoms with Gasteiger partial charge >= 0.3 is 6.03 Å². The molecule has 3 amide bonds. The van der Waals surface area contributed by atoms with E-state index in [4.69, 9.17) is 5.73 Å². The lowest BCUT2D eigenvalue weighted by Gasteiger charge is -2.31. The monoisotopic (exact) mass is 324 g/mol. The SMILES string of the molecule is CN(C)[C@@H](CNC(=O)C1CCN(C(N)=O)CC1)c1cccs1. The van der Waals surface area contributed by atoms with Crippen LogP contribution in [0.15, 0.2) is 17.5 Å². The molecule has 3 N–H and O–H groups in total. The minimum Gasteiger partial charge on any atom is -0.354 e. The molecule has 0 bridgehead atoms. The van der Waals surface area contributed by atoms with Crippen molar-refractivity contribution in [2.75, 3.05) is 33.7 Å². The lowest BCUT2D eigenvalue weighted by atomic mass is 9.96. The molecule has 0 radical (unpaired) electrons. The van der Waals surface area contributed by atoms with Crippen LogP contribution in [0, 0.1) is 5.92 Å². The fourth-order valence-corrected chi connectivity index (χ4v) is 3.64. The molecule has 7 heteroatoms. The lowest BCUT2D eigenvalue weighted by molar-refractivity contribution is -0.126. The van der Waals surface area contributed by atoms with Gasteiger partial charge in [0.25, 0.3) is 0 Å². The third kappa shape index (κ3) is 4.20. The molecule has 2 rings (SSSR count). The molecule has 0 saturated carbocycles. The average Bonchev–Trinajstić information content (AvgIpc) is 3.01. The number of nitrogens with one attached hydrogen (secondary N) is 1. The molecule has 0 aromatic carbocycles.